The molecule has 4 aromatic rings. The molecule has 54 heavy (non-hydrogen) atoms. The molecular formula is C34H38F2N12O6. The average Bonchev–Trinajstić information content (AvgIpc) is 4.03. The van der Waals surface area contributed by atoms with E-state index in [9.17, 15) is 18.4 Å². The fraction of sp³-hybridized carbons (Fsp3) is 0.353. The summed E-state index contributed by atoms with van der Waals surface area (Å²) in [5.41, 5.74) is 4.56. The number of ether oxygens (including phenoxy) is 2. The van der Waals surface area contributed by atoms with E-state index in [1.165, 1.54) is 40.8 Å². The fourth-order valence-corrected chi connectivity index (χ4v) is 6.00. The lowest BCUT2D eigenvalue weighted by molar-refractivity contribution is 0.146. The van der Waals surface area contributed by atoms with Crippen LogP contribution in [-0.4, -0.2) is 111 Å². The molecule has 2 aromatic heterocycles. The molecule has 2 unspecified atom stereocenters. The molecule has 3 N–H and O–H groups in total. The number of anilines is 6. The van der Waals surface area contributed by atoms with Gasteiger partial charge in [0.15, 0.2) is 11.6 Å². The number of nitrogens with zero attached hydrogens (tertiary/aromatic N) is 9. The Morgan fingerprint density at radius 1 is 0.759 bits per heavy atom. The van der Waals surface area contributed by atoms with Gasteiger partial charge in [0.25, 0.3) is 0 Å². The van der Waals surface area contributed by atoms with Crippen LogP contribution in [0.25, 0.3) is 0 Å². The Labute approximate surface area is 307 Å². The first-order chi connectivity index (χ1) is 26.3. The molecule has 6 heterocycles. The van der Waals surface area contributed by atoms with Gasteiger partial charge in [0, 0.05) is 31.8 Å². The van der Waals surface area contributed by atoms with Gasteiger partial charge in [0.1, 0.15) is 49.0 Å². The molecule has 284 valence electrons. The number of hydrogen-bond donors (Lipinski definition) is 3. The first-order valence-electron chi connectivity index (χ1n) is 17.3. The zero-order valence-corrected chi connectivity index (χ0v) is 29.2. The normalized spacial score (nSPS) is 19.4. The van der Waals surface area contributed by atoms with Crippen molar-refractivity contribution in [1.82, 2.24) is 20.7 Å². The van der Waals surface area contributed by atoms with Crippen LogP contribution >= 0.6 is 0 Å². The van der Waals surface area contributed by atoms with E-state index in [1.807, 2.05) is 11.9 Å². The maximum absolute atomic E-state index is 14.7. The van der Waals surface area contributed by atoms with Crippen LogP contribution in [0.1, 0.15) is 6.92 Å². The smallest absolute Gasteiger partial charge is 0.414 e. The minimum absolute atomic E-state index is 0.317. The van der Waals surface area contributed by atoms with Crippen LogP contribution in [0.2, 0.25) is 0 Å². The van der Waals surface area contributed by atoms with E-state index in [1.54, 1.807) is 52.5 Å². The molecule has 0 aliphatic carbocycles. The topological polar surface area (TPSA) is 182 Å². The van der Waals surface area contributed by atoms with Gasteiger partial charge in [-0.2, -0.15) is 10.2 Å². The Bertz CT molecular complexity index is 1950. The summed E-state index contributed by atoms with van der Waals surface area (Å²) < 4.78 is 49.3. The highest BCUT2D eigenvalue weighted by atomic mass is 19.1. The number of nitrogens with one attached hydrogen (secondary N) is 3. The number of cyclic esters (lactones) is 2. The highest BCUT2D eigenvalue weighted by Crippen LogP contribution is 2.29. The van der Waals surface area contributed by atoms with Gasteiger partial charge in [-0.05, 0) is 43.3 Å². The molecule has 20 heteroatoms. The van der Waals surface area contributed by atoms with Gasteiger partial charge in [-0.15, -0.1) is 0 Å². The highest BCUT2D eigenvalue weighted by molar-refractivity contribution is 5.91. The molecule has 2 amide bonds. The van der Waals surface area contributed by atoms with Crippen LogP contribution in [0.5, 0.6) is 0 Å². The van der Waals surface area contributed by atoms with Crippen molar-refractivity contribution >= 4 is 59.2 Å². The number of halogens is 2. The number of aromatic nitrogens is 2. The van der Waals surface area contributed by atoms with Gasteiger partial charge in [-0.25, -0.2) is 18.4 Å². The molecule has 2 saturated heterocycles. The Hall–Kier alpha value is -6.60. The highest BCUT2D eigenvalue weighted by Gasteiger charge is 2.34. The van der Waals surface area contributed by atoms with E-state index in [0.717, 1.165) is 13.1 Å². The SMILES string of the molecule is CCN1CCN(c2ccc(N3CC(CNc4ccon4)OC3=O)cc2F)C=N1.O=C1OC(CNc2ccon2)CN1c1ccc(N2C=NNCC2)c(F)c1. The van der Waals surface area contributed by atoms with Gasteiger partial charge >= 0.3 is 12.2 Å². The van der Waals surface area contributed by atoms with E-state index in [-0.39, 0.29) is 12.2 Å². The van der Waals surface area contributed by atoms with Crippen LogP contribution in [-0.2, 0) is 9.47 Å². The van der Waals surface area contributed by atoms with E-state index < -0.39 is 23.8 Å². The molecule has 2 fully saturated rings. The first-order valence-corrected chi connectivity index (χ1v) is 17.3. The lowest BCUT2D eigenvalue weighted by atomic mass is 10.2. The number of amides is 2. The Kier molecular flexibility index (Phi) is 10.9. The first kappa shape index (κ1) is 35.8. The predicted octanol–water partition coefficient (Wildman–Crippen LogP) is 3.94. The molecule has 0 spiro atoms. The third-order valence-corrected chi connectivity index (χ3v) is 8.82. The summed E-state index contributed by atoms with van der Waals surface area (Å²) in [6, 6.07) is 12.7. The van der Waals surface area contributed by atoms with Crippen LogP contribution in [0.15, 0.2) is 80.3 Å². The maximum atomic E-state index is 14.7. The second kappa shape index (κ2) is 16.4. The van der Waals surface area contributed by atoms with Gasteiger partial charge in [0.05, 0.1) is 62.0 Å². The lowest BCUT2D eigenvalue weighted by Gasteiger charge is -2.29. The number of rotatable bonds is 11. The van der Waals surface area contributed by atoms with Gasteiger partial charge in [-0.3, -0.25) is 14.8 Å². The fourth-order valence-electron chi connectivity index (χ4n) is 6.00. The average molecular weight is 749 g/mol. The maximum Gasteiger partial charge on any atom is 0.414 e. The van der Waals surface area contributed by atoms with E-state index in [0.29, 0.717) is 80.2 Å². The Morgan fingerprint density at radius 2 is 1.31 bits per heavy atom. The molecule has 2 atom stereocenters. The van der Waals surface area contributed by atoms with Gasteiger partial charge in [-0.1, -0.05) is 10.3 Å². The third kappa shape index (κ3) is 8.37. The predicted molar refractivity (Wildman–Crippen MR) is 195 cm³/mol. The van der Waals surface area contributed by atoms with Crippen LogP contribution in [0.3, 0.4) is 0 Å². The summed E-state index contributed by atoms with van der Waals surface area (Å²) in [7, 11) is 0. The zero-order valence-electron chi connectivity index (χ0n) is 29.2. The summed E-state index contributed by atoms with van der Waals surface area (Å²) >= 11 is 0. The monoisotopic (exact) mass is 748 g/mol. The molecule has 0 bridgehead atoms. The Morgan fingerprint density at radius 3 is 1.74 bits per heavy atom. The largest absolute Gasteiger partial charge is 0.442 e. The lowest BCUT2D eigenvalue weighted by Crippen LogP contribution is -2.38. The standard InChI is InChI=1S/C18H21FN6O3.C16H17FN6O3/c1-2-24-7-6-23(12-21-24)16-4-3-13(9-15(16)19)25-11-14(28-18(25)26)10-20-17-5-8-27-22-17;17-13-7-11(1-2-14(13)22-5-4-19-20-10-22)23-9-12(26-16(23)24)8-18-15-3-6-25-21-15/h3-5,8-9,12,14H,2,6-7,10-11H2,1H3,(H,20,22);1-3,6-7,10,12,19H,4-5,8-9H2,(H,18,21). The van der Waals surface area contributed by atoms with Crippen molar-refractivity contribution in [3.63, 3.8) is 0 Å². The van der Waals surface area contributed by atoms with Crippen molar-refractivity contribution in [3.8, 4) is 0 Å². The molecule has 0 radical (unpaired) electrons. The molecule has 4 aliphatic rings. The third-order valence-electron chi connectivity index (χ3n) is 8.82. The van der Waals surface area contributed by atoms with Crippen molar-refractivity contribution in [1.29, 1.82) is 0 Å². The van der Waals surface area contributed by atoms with Crippen molar-refractivity contribution in [2.75, 3.05) is 89.1 Å². The number of hydrogen-bond acceptors (Lipinski definition) is 16. The van der Waals surface area contributed by atoms with E-state index in [2.05, 4.69) is 36.6 Å². The van der Waals surface area contributed by atoms with Crippen molar-refractivity contribution in [2.45, 2.75) is 19.1 Å². The second-order valence-electron chi connectivity index (χ2n) is 12.4. The van der Waals surface area contributed by atoms with E-state index in [4.69, 9.17) is 18.5 Å². The van der Waals surface area contributed by atoms with Crippen molar-refractivity contribution in [3.05, 3.63) is 72.7 Å². The zero-order chi connectivity index (χ0) is 37.4. The number of carbonyl (C=O) groups is 2. The number of hydrazone groups is 2. The minimum Gasteiger partial charge on any atom is -0.442 e. The summed E-state index contributed by atoms with van der Waals surface area (Å²) in [4.78, 5) is 30.6. The van der Waals surface area contributed by atoms with Gasteiger partial charge < -0.3 is 44.4 Å². The van der Waals surface area contributed by atoms with Crippen molar-refractivity contribution < 1.29 is 36.9 Å². The van der Waals surface area contributed by atoms with Crippen LogP contribution < -0.4 is 35.7 Å². The molecule has 8 rings (SSSR count). The van der Waals surface area contributed by atoms with E-state index >= 15 is 0 Å². The number of carbonyl (C=O) groups excluding carboxylic acids is 2. The van der Waals surface area contributed by atoms with Crippen LogP contribution in [0.4, 0.5) is 52.8 Å². The molecular weight excluding hydrogens is 710 g/mol. The Balaban J connectivity index is 0.000000167. The molecule has 18 nitrogen and oxygen atoms in total. The van der Waals surface area contributed by atoms with Crippen LogP contribution in [0, 0.1) is 11.6 Å². The second-order valence-corrected chi connectivity index (χ2v) is 12.4. The van der Waals surface area contributed by atoms with Crippen molar-refractivity contribution in [2.24, 2.45) is 10.2 Å². The minimum atomic E-state index is -0.507. The molecule has 4 aliphatic heterocycles. The molecule has 2 aromatic carbocycles. The quantitative estimate of drug-likeness (QED) is 0.201. The summed E-state index contributed by atoms with van der Waals surface area (Å²) in [5.74, 6) is 0.293. The molecule has 0 saturated carbocycles. The summed E-state index contributed by atoms with van der Waals surface area (Å²) in [5, 5.41) is 23.6. The number of likely N-dealkylation sites (N-methyl/N-ethyl adjacent to an activating group) is 1. The number of benzene rings is 2. The summed E-state index contributed by atoms with van der Waals surface area (Å²) in [6.07, 6.45) is 4.31. The van der Waals surface area contributed by atoms with Gasteiger partial charge in [0.2, 0.25) is 0 Å². The summed E-state index contributed by atoms with van der Waals surface area (Å²) in [6.45, 7) is 6.86.